The third-order valence-corrected chi connectivity index (χ3v) is 4.77. The number of likely N-dealkylation sites (tertiary alicyclic amines) is 1. The highest BCUT2D eigenvalue weighted by molar-refractivity contribution is 5.76. The Hall–Kier alpha value is -2.56. The molecule has 2 amide bonds. The van der Waals surface area contributed by atoms with Crippen LogP contribution in [0.2, 0.25) is 0 Å². The molecule has 0 saturated carbocycles. The van der Waals surface area contributed by atoms with Crippen molar-refractivity contribution >= 4 is 6.03 Å². The molecule has 1 aliphatic rings. The van der Waals surface area contributed by atoms with E-state index in [1.165, 1.54) is 6.42 Å². The van der Waals surface area contributed by atoms with Crippen LogP contribution in [-0.4, -0.2) is 35.6 Å². The van der Waals surface area contributed by atoms with Gasteiger partial charge in [-0.1, -0.05) is 24.3 Å². The maximum absolute atomic E-state index is 12.9. The van der Waals surface area contributed by atoms with E-state index < -0.39 is 0 Å². The van der Waals surface area contributed by atoms with E-state index in [1.807, 2.05) is 47.4 Å². The number of nitrogens with zero attached hydrogens (tertiary/aromatic N) is 2. The summed E-state index contributed by atoms with van der Waals surface area (Å²) in [4.78, 5) is 19.3. The number of hydrogen-bond donors (Lipinski definition) is 1. The minimum atomic E-state index is -0.348. The maximum Gasteiger partial charge on any atom is 0.318 e. The third-order valence-electron chi connectivity index (χ3n) is 4.77. The highest BCUT2D eigenvalue weighted by Crippen LogP contribution is 2.29. The van der Waals surface area contributed by atoms with E-state index in [2.05, 4.69) is 17.2 Å². The Balaban J connectivity index is 1.91. The Morgan fingerprint density at radius 2 is 2.04 bits per heavy atom. The molecule has 1 aliphatic heterocycles. The largest absolute Gasteiger partial charge is 0.496 e. The zero-order valence-corrected chi connectivity index (χ0v) is 14.8. The van der Waals surface area contributed by atoms with E-state index in [0.717, 1.165) is 36.4 Å². The second-order valence-corrected chi connectivity index (χ2v) is 6.42. The van der Waals surface area contributed by atoms with Gasteiger partial charge in [0.05, 0.1) is 12.8 Å². The molecule has 1 fully saturated rings. The lowest BCUT2D eigenvalue weighted by atomic mass is 10.0. The van der Waals surface area contributed by atoms with Crippen LogP contribution in [0.3, 0.4) is 0 Å². The molecule has 1 N–H and O–H groups in total. The van der Waals surface area contributed by atoms with E-state index >= 15 is 0 Å². The average molecular weight is 339 g/mol. The number of nitrogens with one attached hydrogen (secondary N) is 1. The summed E-state index contributed by atoms with van der Waals surface area (Å²) in [7, 11) is 1.64. The predicted octanol–water partition coefficient (Wildman–Crippen LogP) is 3.76. The van der Waals surface area contributed by atoms with Gasteiger partial charge in [-0.15, -0.1) is 0 Å². The first kappa shape index (κ1) is 17.3. The van der Waals surface area contributed by atoms with Crippen LogP contribution in [0.4, 0.5) is 4.79 Å². The number of hydrogen-bond acceptors (Lipinski definition) is 3. The van der Waals surface area contributed by atoms with Crippen molar-refractivity contribution in [2.24, 2.45) is 0 Å². The van der Waals surface area contributed by atoms with Gasteiger partial charge < -0.3 is 15.0 Å². The molecule has 2 atom stereocenters. The highest BCUT2D eigenvalue weighted by atomic mass is 16.5. The number of para-hydroxylation sites is 1. The van der Waals surface area contributed by atoms with Crippen LogP contribution in [0.5, 0.6) is 5.75 Å². The monoisotopic (exact) mass is 339 g/mol. The van der Waals surface area contributed by atoms with Gasteiger partial charge in [0.15, 0.2) is 0 Å². The number of amides is 2. The Labute approximate surface area is 149 Å². The van der Waals surface area contributed by atoms with Crippen LogP contribution in [0, 0.1) is 0 Å². The summed E-state index contributed by atoms with van der Waals surface area (Å²) in [6, 6.07) is 13.3. The number of methoxy groups -OCH3 is 1. The number of benzene rings is 1. The first-order valence-corrected chi connectivity index (χ1v) is 8.81. The number of carbonyl (C=O) groups is 1. The number of pyridine rings is 1. The molecule has 5 nitrogen and oxygen atoms in total. The van der Waals surface area contributed by atoms with Crippen LogP contribution in [0.25, 0.3) is 0 Å². The number of aromatic nitrogens is 1. The van der Waals surface area contributed by atoms with E-state index in [-0.39, 0.29) is 18.1 Å². The van der Waals surface area contributed by atoms with Crippen LogP contribution >= 0.6 is 0 Å². The van der Waals surface area contributed by atoms with Gasteiger partial charge in [0, 0.05) is 24.3 Å². The third kappa shape index (κ3) is 3.92. The fraction of sp³-hybridized carbons (Fsp3) is 0.400. The summed E-state index contributed by atoms with van der Waals surface area (Å²) in [5.74, 6) is 0.741. The van der Waals surface area contributed by atoms with Crippen molar-refractivity contribution in [3.63, 3.8) is 0 Å². The van der Waals surface area contributed by atoms with Gasteiger partial charge in [-0.2, -0.15) is 0 Å². The number of piperidine rings is 1. The van der Waals surface area contributed by atoms with Crippen molar-refractivity contribution in [1.82, 2.24) is 15.2 Å². The highest BCUT2D eigenvalue weighted by Gasteiger charge is 2.27. The Morgan fingerprint density at radius 1 is 1.24 bits per heavy atom. The van der Waals surface area contributed by atoms with Crippen molar-refractivity contribution < 1.29 is 9.53 Å². The van der Waals surface area contributed by atoms with Gasteiger partial charge in [0.2, 0.25) is 0 Å². The molecule has 1 aromatic heterocycles. The quantitative estimate of drug-likeness (QED) is 0.923. The summed E-state index contributed by atoms with van der Waals surface area (Å²) < 4.78 is 5.50. The van der Waals surface area contributed by atoms with Gasteiger partial charge in [-0.3, -0.25) is 4.98 Å². The first-order chi connectivity index (χ1) is 12.2. The van der Waals surface area contributed by atoms with Crippen molar-refractivity contribution in [3.05, 3.63) is 59.9 Å². The summed E-state index contributed by atoms with van der Waals surface area (Å²) in [6.07, 6.45) is 5.03. The molecule has 0 bridgehead atoms. The standard InChI is InChI=1S/C20H25N3O2/c1-15-9-6-8-14-23(15)20(24)22-19(17-11-5-7-13-21-17)16-10-3-4-12-18(16)25-2/h3-5,7,10-13,15,19H,6,8-9,14H2,1-2H3,(H,22,24). The Morgan fingerprint density at radius 3 is 2.76 bits per heavy atom. The van der Waals surface area contributed by atoms with Gasteiger partial charge in [0.25, 0.3) is 0 Å². The average Bonchev–Trinajstić information content (AvgIpc) is 2.67. The van der Waals surface area contributed by atoms with Crippen LogP contribution in [0.1, 0.15) is 43.5 Å². The maximum atomic E-state index is 12.9. The summed E-state index contributed by atoms with van der Waals surface area (Å²) in [5, 5.41) is 3.17. The van der Waals surface area contributed by atoms with E-state index in [4.69, 9.17) is 4.74 Å². The minimum Gasteiger partial charge on any atom is -0.496 e. The molecule has 5 heteroatoms. The lowest BCUT2D eigenvalue weighted by Crippen LogP contribution is -2.48. The minimum absolute atomic E-state index is 0.0474. The topological polar surface area (TPSA) is 54.5 Å². The number of ether oxygens (including phenoxy) is 1. The SMILES string of the molecule is COc1ccccc1C(NC(=O)N1CCCCC1C)c1ccccn1. The molecule has 1 saturated heterocycles. The predicted molar refractivity (Wildman–Crippen MR) is 97.6 cm³/mol. The van der Waals surface area contributed by atoms with E-state index in [0.29, 0.717) is 0 Å². The molecule has 2 unspecified atom stereocenters. The summed E-state index contributed by atoms with van der Waals surface area (Å²) in [5.41, 5.74) is 1.70. The van der Waals surface area contributed by atoms with Crippen molar-refractivity contribution in [1.29, 1.82) is 0 Å². The van der Waals surface area contributed by atoms with E-state index in [1.54, 1.807) is 13.3 Å². The molecule has 132 valence electrons. The lowest BCUT2D eigenvalue weighted by Gasteiger charge is -2.34. The smallest absolute Gasteiger partial charge is 0.318 e. The zero-order chi connectivity index (χ0) is 17.6. The molecule has 2 aromatic rings. The molecular weight excluding hydrogens is 314 g/mol. The number of urea groups is 1. The van der Waals surface area contributed by atoms with Crippen LogP contribution in [-0.2, 0) is 0 Å². The second kappa shape index (κ2) is 8.01. The fourth-order valence-corrected chi connectivity index (χ4v) is 3.37. The number of carbonyl (C=O) groups excluding carboxylic acids is 1. The fourth-order valence-electron chi connectivity index (χ4n) is 3.37. The Bertz CT molecular complexity index is 705. The zero-order valence-electron chi connectivity index (χ0n) is 14.8. The van der Waals surface area contributed by atoms with Crippen LogP contribution < -0.4 is 10.1 Å². The van der Waals surface area contributed by atoms with Crippen molar-refractivity contribution in [2.75, 3.05) is 13.7 Å². The lowest BCUT2D eigenvalue weighted by molar-refractivity contribution is 0.156. The normalized spacial score (nSPS) is 18.5. The summed E-state index contributed by atoms with van der Waals surface area (Å²) >= 11 is 0. The number of rotatable bonds is 4. The van der Waals surface area contributed by atoms with Crippen molar-refractivity contribution in [2.45, 2.75) is 38.3 Å². The molecule has 0 aliphatic carbocycles. The van der Waals surface area contributed by atoms with E-state index in [9.17, 15) is 4.79 Å². The van der Waals surface area contributed by atoms with Crippen LogP contribution in [0.15, 0.2) is 48.7 Å². The second-order valence-electron chi connectivity index (χ2n) is 6.42. The molecule has 0 radical (unpaired) electrons. The molecule has 25 heavy (non-hydrogen) atoms. The summed E-state index contributed by atoms with van der Waals surface area (Å²) in [6.45, 7) is 2.91. The van der Waals surface area contributed by atoms with Gasteiger partial charge in [0.1, 0.15) is 11.8 Å². The molecular formula is C20H25N3O2. The molecule has 3 rings (SSSR count). The molecule has 2 heterocycles. The Kier molecular flexibility index (Phi) is 5.53. The van der Waals surface area contributed by atoms with Gasteiger partial charge in [-0.25, -0.2) is 4.79 Å². The molecule has 0 spiro atoms. The van der Waals surface area contributed by atoms with Crippen molar-refractivity contribution in [3.8, 4) is 5.75 Å². The van der Waals surface area contributed by atoms with Gasteiger partial charge >= 0.3 is 6.03 Å². The first-order valence-electron chi connectivity index (χ1n) is 8.81. The molecule has 1 aromatic carbocycles. The van der Waals surface area contributed by atoms with Gasteiger partial charge in [-0.05, 0) is 44.4 Å².